The van der Waals surface area contributed by atoms with Gasteiger partial charge < -0.3 is 10.1 Å². The molecule has 1 aliphatic heterocycles. The van der Waals surface area contributed by atoms with E-state index in [4.69, 9.17) is 4.74 Å². The molecule has 17 heavy (non-hydrogen) atoms. The first-order valence-electron chi connectivity index (χ1n) is 5.61. The van der Waals surface area contributed by atoms with Crippen LogP contribution in [-0.2, 0) is 4.79 Å². The van der Waals surface area contributed by atoms with Gasteiger partial charge in [-0.2, -0.15) is 0 Å². The van der Waals surface area contributed by atoms with E-state index in [9.17, 15) is 4.79 Å². The van der Waals surface area contributed by atoms with Crippen LogP contribution in [0.5, 0.6) is 5.75 Å². The number of fused-ring (bicyclic) bond motifs is 1. The Bertz CT molecular complexity index is 576. The summed E-state index contributed by atoms with van der Waals surface area (Å²) in [4.78, 5) is 12.5. The monoisotopic (exact) mass is 247 g/mol. The lowest BCUT2D eigenvalue weighted by molar-refractivity contribution is -0.119. The maximum atomic E-state index is 11.2. The fourth-order valence-corrected chi connectivity index (χ4v) is 3.42. The van der Waals surface area contributed by atoms with Crippen LogP contribution in [-0.4, -0.2) is 19.6 Å². The van der Waals surface area contributed by atoms with Crippen LogP contribution < -0.4 is 10.1 Å². The van der Waals surface area contributed by atoms with E-state index in [0.29, 0.717) is 12.3 Å². The second kappa shape index (κ2) is 4.04. The van der Waals surface area contributed by atoms with E-state index in [0.717, 1.165) is 17.7 Å². The largest absolute Gasteiger partial charge is 0.496 e. The maximum absolute atomic E-state index is 11.2. The smallest absolute Gasteiger partial charge is 0.220 e. The van der Waals surface area contributed by atoms with Crippen molar-refractivity contribution in [3.63, 3.8) is 0 Å². The topological polar surface area (TPSA) is 38.3 Å². The van der Waals surface area contributed by atoms with Crippen molar-refractivity contribution in [2.24, 2.45) is 0 Å². The highest BCUT2D eigenvalue weighted by Gasteiger charge is 2.24. The fraction of sp³-hybridized carbons (Fsp3) is 0.308. The van der Waals surface area contributed by atoms with Gasteiger partial charge in [-0.25, -0.2) is 0 Å². The van der Waals surface area contributed by atoms with Gasteiger partial charge in [-0.1, -0.05) is 6.07 Å². The molecule has 0 aliphatic carbocycles. The number of thiophene rings is 1. The molecule has 1 unspecified atom stereocenters. The summed E-state index contributed by atoms with van der Waals surface area (Å²) in [5, 5.41) is 4.03. The van der Waals surface area contributed by atoms with Crippen molar-refractivity contribution < 1.29 is 9.53 Å². The molecule has 1 aromatic heterocycles. The first kappa shape index (κ1) is 10.6. The molecule has 1 amide bonds. The minimum atomic E-state index is 0.152. The van der Waals surface area contributed by atoms with Crippen molar-refractivity contribution in [2.75, 3.05) is 13.7 Å². The van der Waals surface area contributed by atoms with E-state index in [2.05, 4.69) is 17.4 Å². The van der Waals surface area contributed by atoms with E-state index < -0.39 is 0 Å². The second-order valence-electron chi connectivity index (χ2n) is 4.23. The SMILES string of the molecule is COc1cccc2sc(C3CNC(=O)C3)cc12. The van der Waals surface area contributed by atoms with Crippen LogP contribution in [0.3, 0.4) is 0 Å². The lowest BCUT2D eigenvalue weighted by atomic mass is 10.1. The highest BCUT2D eigenvalue weighted by molar-refractivity contribution is 7.19. The number of hydrogen-bond donors (Lipinski definition) is 1. The lowest BCUT2D eigenvalue weighted by Crippen LogP contribution is -2.13. The van der Waals surface area contributed by atoms with Crippen molar-refractivity contribution in [2.45, 2.75) is 12.3 Å². The Labute approximate surface area is 103 Å². The zero-order chi connectivity index (χ0) is 11.8. The van der Waals surface area contributed by atoms with E-state index in [1.807, 2.05) is 12.1 Å². The standard InChI is InChI=1S/C13H13NO2S/c1-16-10-3-2-4-11-9(10)6-12(17-11)8-5-13(15)14-7-8/h2-4,6,8H,5,7H2,1H3,(H,14,15). The van der Waals surface area contributed by atoms with Crippen LogP contribution in [0.1, 0.15) is 17.2 Å². The summed E-state index contributed by atoms with van der Waals surface area (Å²) in [5.74, 6) is 1.38. The van der Waals surface area contributed by atoms with Crippen molar-refractivity contribution >= 4 is 27.3 Å². The molecule has 3 nitrogen and oxygen atoms in total. The van der Waals surface area contributed by atoms with Gasteiger partial charge in [0, 0.05) is 33.8 Å². The molecule has 0 bridgehead atoms. The van der Waals surface area contributed by atoms with Crippen LogP contribution >= 0.6 is 11.3 Å². The number of benzene rings is 1. The van der Waals surface area contributed by atoms with Crippen LogP contribution in [0, 0.1) is 0 Å². The lowest BCUT2D eigenvalue weighted by Gasteiger charge is -2.01. The molecule has 1 aromatic carbocycles. The Balaban J connectivity index is 2.04. The molecular formula is C13H13NO2S. The third kappa shape index (κ3) is 1.78. The Morgan fingerprint density at radius 1 is 1.47 bits per heavy atom. The average Bonchev–Trinajstić information content (AvgIpc) is 2.93. The number of hydrogen-bond acceptors (Lipinski definition) is 3. The Kier molecular flexibility index (Phi) is 2.52. The maximum Gasteiger partial charge on any atom is 0.220 e. The van der Waals surface area contributed by atoms with Gasteiger partial charge in [0.05, 0.1) is 7.11 Å². The number of carbonyl (C=O) groups excluding carboxylic acids is 1. The first-order valence-corrected chi connectivity index (χ1v) is 6.42. The molecule has 0 saturated carbocycles. The molecule has 0 radical (unpaired) electrons. The summed E-state index contributed by atoms with van der Waals surface area (Å²) in [5.41, 5.74) is 0. The summed E-state index contributed by atoms with van der Waals surface area (Å²) in [6.45, 7) is 0.758. The Hall–Kier alpha value is -1.55. The fourth-order valence-electron chi connectivity index (χ4n) is 2.24. The van der Waals surface area contributed by atoms with Gasteiger partial charge >= 0.3 is 0 Å². The summed E-state index contributed by atoms with van der Waals surface area (Å²) in [6, 6.07) is 8.22. The van der Waals surface area contributed by atoms with Crippen LogP contribution in [0.25, 0.3) is 10.1 Å². The van der Waals surface area contributed by atoms with Gasteiger partial charge in [0.1, 0.15) is 5.75 Å². The number of rotatable bonds is 2. The van der Waals surface area contributed by atoms with E-state index in [1.165, 1.54) is 9.58 Å². The quantitative estimate of drug-likeness (QED) is 0.885. The van der Waals surface area contributed by atoms with Crippen molar-refractivity contribution in [3.05, 3.63) is 29.1 Å². The Morgan fingerprint density at radius 3 is 3.06 bits per heavy atom. The molecule has 4 heteroatoms. The third-order valence-electron chi connectivity index (χ3n) is 3.14. The van der Waals surface area contributed by atoms with Gasteiger partial charge in [0.25, 0.3) is 0 Å². The predicted molar refractivity (Wildman–Crippen MR) is 68.7 cm³/mol. The molecule has 1 aliphatic rings. The number of nitrogens with one attached hydrogen (secondary N) is 1. The molecule has 2 aromatic rings. The number of methoxy groups -OCH3 is 1. The van der Waals surface area contributed by atoms with E-state index >= 15 is 0 Å². The van der Waals surface area contributed by atoms with Crippen molar-refractivity contribution in [1.29, 1.82) is 0 Å². The minimum absolute atomic E-state index is 0.152. The second-order valence-corrected chi connectivity index (χ2v) is 5.34. The molecule has 3 rings (SSSR count). The van der Waals surface area contributed by atoms with Gasteiger partial charge in [-0.05, 0) is 18.2 Å². The van der Waals surface area contributed by atoms with Crippen LogP contribution in [0.4, 0.5) is 0 Å². The molecule has 0 spiro atoms. The van der Waals surface area contributed by atoms with Crippen molar-refractivity contribution in [1.82, 2.24) is 5.32 Å². The summed E-state index contributed by atoms with van der Waals surface area (Å²) >= 11 is 1.75. The zero-order valence-electron chi connectivity index (χ0n) is 9.53. The number of amides is 1. The molecule has 1 fully saturated rings. The molecule has 1 saturated heterocycles. The highest BCUT2D eigenvalue weighted by Crippen LogP contribution is 2.37. The third-order valence-corrected chi connectivity index (χ3v) is 4.40. The van der Waals surface area contributed by atoms with E-state index in [-0.39, 0.29) is 5.91 Å². The van der Waals surface area contributed by atoms with Gasteiger partial charge in [0.2, 0.25) is 5.91 Å². The summed E-state index contributed by atoms with van der Waals surface area (Å²) in [7, 11) is 1.69. The molecular weight excluding hydrogens is 234 g/mol. The molecule has 88 valence electrons. The molecule has 1 atom stereocenters. The van der Waals surface area contributed by atoms with Gasteiger partial charge in [-0.15, -0.1) is 11.3 Å². The summed E-state index contributed by atoms with van der Waals surface area (Å²) < 4.78 is 6.57. The number of carbonyl (C=O) groups is 1. The van der Waals surface area contributed by atoms with Crippen LogP contribution in [0.15, 0.2) is 24.3 Å². The first-order chi connectivity index (χ1) is 8.28. The number of ether oxygens (including phenoxy) is 1. The zero-order valence-corrected chi connectivity index (χ0v) is 10.3. The molecule has 1 N–H and O–H groups in total. The molecule has 2 heterocycles. The normalized spacial score (nSPS) is 19.6. The van der Waals surface area contributed by atoms with Crippen LogP contribution in [0.2, 0.25) is 0 Å². The van der Waals surface area contributed by atoms with Crippen molar-refractivity contribution in [3.8, 4) is 5.75 Å². The van der Waals surface area contributed by atoms with E-state index in [1.54, 1.807) is 18.4 Å². The average molecular weight is 247 g/mol. The summed E-state index contributed by atoms with van der Waals surface area (Å²) in [6.07, 6.45) is 0.606. The predicted octanol–water partition coefficient (Wildman–Crippen LogP) is 2.51. The van der Waals surface area contributed by atoms with Gasteiger partial charge in [-0.3, -0.25) is 4.79 Å². The Morgan fingerprint density at radius 2 is 2.35 bits per heavy atom. The minimum Gasteiger partial charge on any atom is -0.496 e. The highest BCUT2D eigenvalue weighted by atomic mass is 32.1. The van der Waals surface area contributed by atoms with Gasteiger partial charge in [0.15, 0.2) is 0 Å².